The predicted octanol–water partition coefficient (Wildman–Crippen LogP) is 4.75. The van der Waals surface area contributed by atoms with Gasteiger partial charge in [0.25, 0.3) is 0 Å². The zero-order chi connectivity index (χ0) is 23.2. The smallest absolute Gasteiger partial charge is 0.244 e. The molecule has 4 aromatic rings. The first-order valence-corrected chi connectivity index (χ1v) is 11.5. The average Bonchev–Trinajstić information content (AvgIpc) is 3.46. The second kappa shape index (κ2) is 10.6. The molecule has 0 fully saturated rings. The molecule has 2 N–H and O–H groups in total. The molecule has 0 aliphatic carbocycles. The fraction of sp³-hybridized carbons (Fsp3) is 0.0909. The molecule has 2 aromatic heterocycles. The lowest BCUT2D eigenvalue weighted by Crippen LogP contribution is -2.21. The first kappa shape index (κ1) is 22.9. The highest BCUT2D eigenvalue weighted by Gasteiger charge is 2.18. The molecule has 0 bridgehead atoms. The van der Waals surface area contributed by atoms with E-state index in [0.29, 0.717) is 32.5 Å². The van der Waals surface area contributed by atoms with Gasteiger partial charge in [0.15, 0.2) is 5.16 Å². The maximum atomic E-state index is 12.7. The van der Waals surface area contributed by atoms with E-state index in [2.05, 4.69) is 20.8 Å². The molecule has 2 heterocycles. The Kier molecular flexibility index (Phi) is 7.33. The molecule has 0 aliphatic heterocycles. The van der Waals surface area contributed by atoms with Crippen LogP contribution in [0.3, 0.4) is 0 Å². The monoisotopic (exact) mass is 500 g/mol. The van der Waals surface area contributed by atoms with E-state index in [1.165, 1.54) is 11.8 Å². The molecule has 0 unspecified atom stereocenters. The molecule has 2 aromatic carbocycles. The predicted molar refractivity (Wildman–Crippen MR) is 130 cm³/mol. The number of amides is 2. The van der Waals surface area contributed by atoms with E-state index in [0.717, 1.165) is 0 Å². The summed E-state index contributed by atoms with van der Waals surface area (Å²) in [5.74, 6) is 0.0699. The number of carbonyl (C=O) groups is 2. The van der Waals surface area contributed by atoms with Crippen LogP contribution in [0.5, 0.6) is 0 Å². The van der Waals surface area contributed by atoms with Crippen LogP contribution < -0.4 is 10.6 Å². The van der Waals surface area contributed by atoms with Crippen LogP contribution in [0.15, 0.2) is 78.2 Å². The fourth-order valence-electron chi connectivity index (χ4n) is 2.92. The molecule has 0 saturated heterocycles. The summed E-state index contributed by atoms with van der Waals surface area (Å²) in [5.41, 5.74) is 1.26. The average molecular weight is 501 g/mol. The minimum absolute atomic E-state index is 0.0374. The fourth-order valence-corrected chi connectivity index (χ4v) is 3.91. The van der Waals surface area contributed by atoms with Crippen molar-refractivity contribution in [2.45, 2.75) is 11.7 Å². The number of nitrogens with one attached hydrogen (secondary N) is 2. The van der Waals surface area contributed by atoms with Gasteiger partial charge in [0.05, 0.1) is 5.75 Å². The van der Waals surface area contributed by atoms with Gasteiger partial charge in [-0.15, -0.1) is 10.2 Å². The van der Waals surface area contributed by atoms with Crippen molar-refractivity contribution < 1.29 is 9.59 Å². The molecule has 0 aliphatic rings. The summed E-state index contributed by atoms with van der Waals surface area (Å²) in [6, 6.07) is 17.4. The van der Waals surface area contributed by atoms with Crippen molar-refractivity contribution in [2.75, 3.05) is 16.4 Å². The lowest BCUT2D eigenvalue weighted by molar-refractivity contribution is -0.117. The molecule has 0 atom stereocenters. The van der Waals surface area contributed by atoms with Crippen LogP contribution in [0.4, 0.5) is 11.4 Å². The van der Waals surface area contributed by atoms with Crippen LogP contribution in [-0.4, -0.2) is 36.9 Å². The topological polar surface area (TPSA) is 93.8 Å². The van der Waals surface area contributed by atoms with Gasteiger partial charge in [-0.2, -0.15) is 0 Å². The summed E-state index contributed by atoms with van der Waals surface area (Å²) in [6.07, 6.45) is 3.61. The number of thioether (sulfide) groups is 1. The van der Waals surface area contributed by atoms with Crippen LogP contribution >= 0.6 is 35.0 Å². The maximum Gasteiger partial charge on any atom is 0.244 e. The second-order valence-corrected chi connectivity index (χ2v) is 8.67. The van der Waals surface area contributed by atoms with Gasteiger partial charge in [0.1, 0.15) is 6.54 Å². The SMILES string of the molecule is O=C(CSc1nnc(-n2cccc2)n1CC(=O)Nc1ccc(Cl)cc1)Nc1ccc(Cl)cc1. The standard InChI is InChI=1S/C22H18Cl2N6O2S/c23-15-3-7-17(8-4-15)25-19(31)13-30-21(29-11-1-2-12-29)27-28-22(30)33-14-20(32)26-18-9-5-16(24)6-10-18/h1-12H,13-14H2,(H,25,31)(H,26,32). The number of anilines is 2. The summed E-state index contributed by atoms with van der Waals surface area (Å²) < 4.78 is 3.41. The third-order valence-corrected chi connectivity index (χ3v) is 5.89. The van der Waals surface area contributed by atoms with E-state index < -0.39 is 0 Å². The number of nitrogens with zero attached hydrogens (tertiary/aromatic N) is 4. The Balaban J connectivity index is 1.47. The van der Waals surface area contributed by atoms with Gasteiger partial charge in [-0.1, -0.05) is 35.0 Å². The second-order valence-electron chi connectivity index (χ2n) is 6.86. The number of hydrogen-bond acceptors (Lipinski definition) is 5. The van der Waals surface area contributed by atoms with Gasteiger partial charge in [0, 0.05) is 33.8 Å². The molecular weight excluding hydrogens is 483 g/mol. The van der Waals surface area contributed by atoms with Crippen molar-refractivity contribution in [3.05, 3.63) is 83.1 Å². The number of carbonyl (C=O) groups excluding carboxylic acids is 2. The van der Waals surface area contributed by atoms with E-state index in [9.17, 15) is 9.59 Å². The molecule has 8 nitrogen and oxygen atoms in total. The molecule has 0 saturated carbocycles. The molecular formula is C22H18Cl2N6O2S. The molecule has 33 heavy (non-hydrogen) atoms. The zero-order valence-electron chi connectivity index (χ0n) is 17.1. The zero-order valence-corrected chi connectivity index (χ0v) is 19.4. The molecule has 2 amide bonds. The van der Waals surface area contributed by atoms with Gasteiger partial charge in [-0.3, -0.25) is 18.7 Å². The van der Waals surface area contributed by atoms with E-state index in [-0.39, 0.29) is 24.1 Å². The third-order valence-electron chi connectivity index (χ3n) is 4.42. The highest BCUT2D eigenvalue weighted by atomic mass is 35.5. The highest BCUT2D eigenvalue weighted by molar-refractivity contribution is 7.99. The molecule has 0 spiro atoms. The van der Waals surface area contributed by atoms with E-state index in [4.69, 9.17) is 23.2 Å². The summed E-state index contributed by atoms with van der Waals surface area (Å²) in [7, 11) is 0. The van der Waals surface area contributed by atoms with Crippen LogP contribution in [0, 0.1) is 0 Å². The van der Waals surface area contributed by atoms with Gasteiger partial charge >= 0.3 is 0 Å². The molecule has 0 radical (unpaired) electrons. The van der Waals surface area contributed by atoms with E-state index in [1.54, 1.807) is 70.1 Å². The Morgan fingerprint density at radius 1 is 0.818 bits per heavy atom. The Morgan fingerprint density at radius 2 is 1.36 bits per heavy atom. The quantitative estimate of drug-likeness (QED) is 0.340. The first-order chi connectivity index (χ1) is 16.0. The number of hydrogen-bond donors (Lipinski definition) is 2. The van der Waals surface area contributed by atoms with Crippen LogP contribution in [0.25, 0.3) is 5.95 Å². The van der Waals surface area contributed by atoms with Crippen molar-refractivity contribution in [2.24, 2.45) is 0 Å². The number of rotatable bonds is 8. The summed E-state index contributed by atoms with van der Waals surface area (Å²) in [4.78, 5) is 25.1. The van der Waals surface area contributed by atoms with Crippen LogP contribution in [-0.2, 0) is 16.1 Å². The third kappa shape index (κ3) is 6.16. The van der Waals surface area contributed by atoms with Crippen molar-refractivity contribution in [3.63, 3.8) is 0 Å². The Bertz CT molecular complexity index is 1240. The number of benzene rings is 2. The van der Waals surface area contributed by atoms with Gasteiger partial charge in [-0.05, 0) is 60.7 Å². The normalized spacial score (nSPS) is 10.7. The Hall–Kier alpha value is -3.27. The highest BCUT2D eigenvalue weighted by Crippen LogP contribution is 2.21. The molecule has 11 heteroatoms. The van der Waals surface area contributed by atoms with Gasteiger partial charge < -0.3 is 10.6 Å². The Labute approximate surface area is 203 Å². The maximum absolute atomic E-state index is 12.7. The number of halogens is 2. The van der Waals surface area contributed by atoms with Crippen molar-refractivity contribution in [1.82, 2.24) is 19.3 Å². The summed E-state index contributed by atoms with van der Waals surface area (Å²) in [5, 5.41) is 15.6. The number of aromatic nitrogens is 4. The first-order valence-electron chi connectivity index (χ1n) is 9.78. The van der Waals surface area contributed by atoms with Crippen LogP contribution in [0.1, 0.15) is 0 Å². The van der Waals surface area contributed by atoms with Crippen molar-refractivity contribution in [1.29, 1.82) is 0 Å². The minimum Gasteiger partial charge on any atom is -0.325 e. The van der Waals surface area contributed by atoms with E-state index >= 15 is 0 Å². The summed E-state index contributed by atoms with van der Waals surface area (Å²) in [6.45, 7) is -0.0374. The molecule has 168 valence electrons. The minimum atomic E-state index is -0.266. The molecule has 4 rings (SSSR count). The van der Waals surface area contributed by atoms with Gasteiger partial charge in [0.2, 0.25) is 17.8 Å². The van der Waals surface area contributed by atoms with Crippen molar-refractivity contribution in [3.8, 4) is 5.95 Å². The van der Waals surface area contributed by atoms with Gasteiger partial charge in [-0.25, -0.2) is 0 Å². The van der Waals surface area contributed by atoms with Crippen molar-refractivity contribution >= 4 is 58.2 Å². The lowest BCUT2D eigenvalue weighted by atomic mass is 10.3. The largest absolute Gasteiger partial charge is 0.325 e. The van der Waals surface area contributed by atoms with Crippen LogP contribution in [0.2, 0.25) is 10.0 Å². The Morgan fingerprint density at radius 3 is 1.94 bits per heavy atom. The lowest BCUT2D eigenvalue weighted by Gasteiger charge is -2.11. The summed E-state index contributed by atoms with van der Waals surface area (Å²) >= 11 is 13.0. The van der Waals surface area contributed by atoms with E-state index in [1.807, 2.05) is 12.1 Å².